The SMILES string of the molecule is NNC(=O)c1ccc(C#CCS)cc1. The maximum absolute atomic E-state index is 11.1. The van der Waals surface area contributed by atoms with E-state index in [1.54, 1.807) is 24.3 Å². The third kappa shape index (κ3) is 2.80. The van der Waals surface area contributed by atoms with Crippen LogP contribution in [-0.4, -0.2) is 11.7 Å². The van der Waals surface area contributed by atoms with Gasteiger partial charge in [0.1, 0.15) is 0 Å². The highest BCUT2D eigenvalue weighted by atomic mass is 32.1. The van der Waals surface area contributed by atoms with Gasteiger partial charge in [-0.25, -0.2) is 5.84 Å². The smallest absolute Gasteiger partial charge is 0.265 e. The number of hydrogen-bond donors (Lipinski definition) is 3. The fraction of sp³-hybridized carbons (Fsp3) is 0.100. The van der Waals surface area contributed by atoms with Crippen molar-refractivity contribution in [2.45, 2.75) is 0 Å². The summed E-state index contributed by atoms with van der Waals surface area (Å²) in [5.74, 6) is 10.9. The number of carbonyl (C=O) groups is 1. The van der Waals surface area contributed by atoms with Crippen molar-refractivity contribution in [2.75, 3.05) is 5.75 Å². The maximum atomic E-state index is 11.1. The molecule has 0 aliphatic rings. The molecule has 4 heteroatoms. The van der Waals surface area contributed by atoms with Gasteiger partial charge >= 0.3 is 0 Å². The van der Waals surface area contributed by atoms with E-state index in [1.807, 2.05) is 0 Å². The zero-order valence-corrected chi connectivity index (χ0v) is 8.34. The van der Waals surface area contributed by atoms with Gasteiger partial charge in [-0.05, 0) is 24.3 Å². The normalized spacial score (nSPS) is 8.71. The van der Waals surface area contributed by atoms with Crippen molar-refractivity contribution in [1.82, 2.24) is 5.43 Å². The lowest BCUT2D eigenvalue weighted by Gasteiger charge is -1.98. The fourth-order valence-electron chi connectivity index (χ4n) is 0.930. The Balaban J connectivity index is 2.83. The van der Waals surface area contributed by atoms with E-state index in [-0.39, 0.29) is 5.91 Å². The highest BCUT2D eigenvalue weighted by molar-refractivity contribution is 7.80. The first-order valence-corrected chi connectivity index (χ1v) is 4.62. The number of amides is 1. The van der Waals surface area contributed by atoms with Gasteiger partial charge in [0.05, 0.1) is 5.75 Å². The Bertz CT molecular complexity index is 375. The number of hydrogen-bond acceptors (Lipinski definition) is 3. The highest BCUT2D eigenvalue weighted by Crippen LogP contribution is 2.02. The molecule has 3 nitrogen and oxygen atoms in total. The summed E-state index contributed by atoms with van der Waals surface area (Å²) >= 11 is 3.96. The first kappa shape index (κ1) is 10.6. The van der Waals surface area contributed by atoms with Crippen molar-refractivity contribution in [2.24, 2.45) is 5.84 Å². The second-order valence-corrected chi connectivity index (χ2v) is 2.83. The molecule has 0 heterocycles. The molecule has 0 atom stereocenters. The summed E-state index contributed by atoms with van der Waals surface area (Å²) < 4.78 is 0. The molecule has 0 spiro atoms. The minimum Gasteiger partial charge on any atom is -0.290 e. The van der Waals surface area contributed by atoms with Gasteiger partial charge < -0.3 is 0 Å². The van der Waals surface area contributed by atoms with Gasteiger partial charge in [-0.1, -0.05) is 11.8 Å². The van der Waals surface area contributed by atoms with Gasteiger partial charge in [-0.15, -0.1) is 0 Å². The molecule has 0 aliphatic carbocycles. The monoisotopic (exact) mass is 206 g/mol. The van der Waals surface area contributed by atoms with E-state index in [2.05, 4.69) is 29.9 Å². The largest absolute Gasteiger partial charge is 0.290 e. The topological polar surface area (TPSA) is 55.1 Å². The van der Waals surface area contributed by atoms with E-state index in [4.69, 9.17) is 5.84 Å². The Labute approximate surface area is 88.1 Å². The second-order valence-electron chi connectivity index (χ2n) is 2.51. The average Bonchev–Trinajstić information content (AvgIpc) is 2.26. The average molecular weight is 206 g/mol. The third-order valence-electron chi connectivity index (χ3n) is 1.59. The molecule has 0 radical (unpaired) electrons. The molecule has 0 aromatic heterocycles. The first-order valence-electron chi connectivity index (χ1n) is 3.98. The summed E-state index contributed by atoms with van der Waals surface area (Å²) in [6.45, 7) is 0. The Morgan fingerprint density at radius 2 is 2.07 bits per heavy atom. The lowest BCUT2D eigenvalue weighted by Crippen LogP contribution is -2.29. The minimum absolute atomic E-state index is 0.307. The number of benzene rings is 1. The maximum Gasteiger partial charge on any atom is 0.265 e. The molecule has 1 amide bonds. The van der Waals surface area contributed by atoms with Crippen LogP contribution in [0.3, 0.4) is 0 Å². The third-order valence-corrected chi connectivity index (χ3v) is 1.75. The van der Waals surface area contributed by atoms with Crippen molar-refractivity contribution in [3.05, 3.63) is 35.4 Å². The Morgan fingerprint density at radius 3 is 2.57 bits per heavy atom. The minimum atomic E-state index is -0.307. The molecular formula is C10H10N2OS. The second kappa shape index (κ2) is 5.32. The quantitative estimate of drug-likeness (QED) is 0.207. The van der Waals surface area contributed by atoms with Crippen LogP contribution in [0.2, 0.25) is 0 Å². The van der Waals surface area contributed by atoms with E-state index in [0.717, 1.165) is 5.56 Å². The van der Waals surface area contributed by atoms with Crippen molar-refractivity contribution in [1.29, 1.82) is 0 Å². The van der Waals surface area contributed by atoms with Gasteiger partial charge in [0.15, 0.2) is 0 Å². The van der Waals surface area contributed by atoms with Crippen LogP contribution in [0, 0.1) is 11.8 Å². The van der Waals surface area contributed by atoms with E-state index in [0.29, 0.717) is 11.3 Å². The van der Waals surface area contributed by atoms with Crippen molar-refractivity contribution in [3.8, 4) is 11.8 Å². The zero-order valence-electron chi connectivity index (χ0n) is 7.45. The molecule has 0 aliphatic heterocycles. The van der Waals surface area contributed by atoms with Crippen LogP contribution in [-0.2, 0) is 0 Å². The Kier molecular flexibility index (Phi) is 4.05. The van der Waals surface area contributed by atoms with Crippen molar-refractivity contribution in [3.63, 3.8) is 0 Å². The van der Waals surface area contributed by atoms with Crippen LogP contribution in [0.25, 0.3) is 0 Å². The predicted octanol–water partition coefficient (Wildman–Crippen LogP) is 0.571. The summed E-state index contributed by atoms with van der Waals surface area (Å²) in [6.07, 6.45) is 0. The van der Waals surface area contributed by atoms with Gasteiger partial charge in [0.25, 0.3) is 5.91 Å². The molecule has 0 bridgehead atoms. The van der Waals surface area contributed by atoms with Crippen molar-refractivity contribution >= 4 is 18.5 Å². The van der Waals surface area contributed by atoms with Crippen LogP contribution >= 0.6 is 12.6 Å². The van der Waals surface area contributed by atoms with Crippen LogP contribution < -0.4 is 11.3 Å². The zero-order chi connectivity index (χ0) is 10.4. The van der Waals surface area contributed by atoms with Gasteiger partial charge in [0.2, 0.25) is 0 Å². The van der Waals surface area contributed by atoms with E-state index in [1.165, 1.54) is 0 Å². The van der Waals surface area contributed by atoms with Crippen LogP contribution in [0.15, 0.2) is 24.3 Å². The van der Waals surface area contributed by atoms with Gasteiger partial charge in [0, 0.05) is 11.1 Å². The lowest BCUT2D eigenvalue weighted by molar-refractivity contribution is 0.0953. The van der Waals surface area contributed by atoms with E-state index < -0.39 is 0 Å². The molecule has 1 rings (SSSR count). The first-order chi connectivity index (χ1) is 6.77. The fourth-order valence-corrected chi connectivity index (χ4v) is 1.01. The van der Waals surface area contributed by atoms with Crippen LogP contribution in [0.4, 0.5) is 0 Å². The molecule has 1 aromatic rings. The molecule has 0 saturated carbocycles. The van der Waals surface area contributed by atoms with E-state index in [9.17, 15) is 4.79 Å². The number of nitrogen functional groups attached to an aromatic ring is 1. The van der Waals surface area contributed by atoms with Crippen molar-refractivity contribution < 1.29 is 4.79 Å². The summed E-state index contributed by atoms with van der Waals surface area (Å²) in [6, 6.07) is 6.87. The number of carbonyl (C=O) groups excluding carboxylic acids is 1. The number of nitrogens with two attached hydrogens (primary N) is 1. The standard InChI is InChI=1S/C10H10N2OS/c11-12-10(13)9-5-3-8(4-6-9)2-1-7-14/h3-6,14H,7,11H2,(H,12,13). The Morgan fingerprint density at radius 1 is 1.43 bits per heavy atom. The number of rotatable bonds is 1. The molecule has 3 N–H and O–H groups in total. The molecule has 0 saturated heterocycles. The van der Waals surface area contributed by atoms with Crippen LogP contribution in [0.5, 0.6) is 0 Å². The molecule has 72 valence electrons. The Hall–Kier alpha value is -1.44. The summed E-state index contributed by atoms with van der Waals surface area (Å²) in [4.78, 5) is 11.1. The summed E-state index contributed by atoms with van der Waals surface area (Å²) in [5, 5.41) is 0. The van der Waals surface area contributed by atoms with E-state index >= 15 is 0 Å². The lowest BCUT2D eigenvalue weighted by atomic mass is 10.1. The van der Waals surface area contributed by atoms with Crippen LogP contribution in [0.1, 0.15) is 15.9 Å². The molecule has 14 heavy (non-hydrogen) atoms. The number of hydrazine groups is 1. The highest BCUT2D eigenvalue weighted by Gasteiger charge is 2.00. The molecule has 0 unspecified atom stereocenters. The number of thiol groups is 1. The summed E-state index contributed by atoms with van der Waals surface area (Å²) in [5.41, 5.74) is 3.43. The predicted molar refractivity (Wildman–Crippen MR) is 58.8 cm³/mol. The number of nitrogens with one attached hydrogen (secondary N) is 1. The molecular weight excluding hydrogens is 196 g/mol. The van der Waals surface area contributed by atoms with Gasteiger partial charge in [-0.3, -0.25) is 10.2 Å². The molecule has 0 fully saturated rings. The summed E-state index contributed by atoms with van der Waals surface area (Å²) in [7, 11) is 0. The molecule has 1 aromatic carbocycles. The van der Waals surface area contributed by atoms with Gasteiger partial charge in [-0.2, -0.15) is 12.6 Å².